The summed E-state index contributed by atoms with van der Waals surface area (Å²) in [5.74, 6) is 0. The number of aromatic amines is 1. The fourth-order valence-electron chi connectivity index (χ4n) is 2.42. The van der Waals surface area contributed by atoms with Gasteiger partial charge in [0, 0.05) is 28.9 Å². The summed E-state index contributed by atoms with van der Waals surface area (Å²) in [6, 6.07) is 9.22. The first-order valence-corrected chi connectivity index (χ1v) is 8.25. The lowest BCUT2D eigenvalue weighted by atomic mass is 10.1. The zero-order valence-electron chi connectivity index (χ0n) is 12.0. The van der Waals surface area contributed by atoms with E-state index in [1.54, 1.807) is 12.1 Å². The molecule has 0 saturated heterocycles. The molecule has 2 heterocycles. The highest BCUT2D eigenvalue weighted by molar-refractivity contribution is 7.17. The number of fused-ring (bicyclic) bond motifs is 1. The first-order valence-electron chi connectivity index (χ1n) is 6.99. The fraction of sp³-hybridized carbons (Fsp3) is 0.188. The Labute approximate surface area is 140 Å². The highest BCUT2D eigenvalue weighted by atomic mass is 35.5. The molecule has 0 amide bonds. The molecular weight excluding hydrogens is 334 g/mol. The van der Waals surface area contributed by atoms with Gasteiger partial charge in [-0.3, -0.25) is 14.3 Å². The van der Waals surface area contributed by atoms with Crippen LogP contribution >= 0.6 is 22.9 Å². The molecule has 0 aliphatic rings. The lowest BCUT2D eigenvalue weighted by Gasteiger charge is -2.05. The van der Waals surface area contributed by atoms with Crippen molar-refractivity contribution in [1.29, 1.82) is 5.26 Å². The molecule has 0 bridgehead atoms. The molecule has 0 atom stereocenters. The molecule has 0 aliphatic carbocycles. The van der Waals surface area contributed by atoms with Crippen LogP contribution in [0, 0.1) is 11.3 Å². The van der Waals surface area contributed by atoms with E-state index in [-0.39, 0.29) is 12.1 Å². The van der Waals surface area contributed by atoms with Gasteiger partial charge in [-0.15, -0.1) is 11.3 Å². The van der Waals surface area contributed by atoms with E-state index in [0.29, 0.717) is 28.1 Å². The number of rotatable bonds is 4. The number of halogens is 1. The summed E-state index contributed by atoms with van der Waals surface area (Å²) < 4.78 is 1.16. The maximum atomic E-state index is 12.7. The molecule has 0 aliphatic heterocycles. The van der Waals surface area contributed by atoms with Gasteiger partial charge in [0.2, 0.25) is 0 Å². The minimum atomic E-state index is -0.440. The molecule has 0 saturated carbocycles. The van der Waals surface area contributed by atoms with Crippen LogP contribution in [0.3, 0.4) is 0 Å². The Morgan fingerprint density at radius 1 is 1.26 bits per heavy atom. The summed E-state index contributed by atoms with van der Waals surface area (Å²) in [7, 11) is 0. The van der Waals surface area contributed by atoms with Crippen LogP contribution in [-0.2, 0) is 6.54 Å². The van der Waals surface area contributed by atoms with Crippen molar-refractivity contribution in [3.8, 4) is 17.2 Å². The molecule has 23 heavy (non-hydrogen) atoms. The Kier molecular flexibility index (Phi) is 4.33. The molecule has 2 aromatic heterocycles. The van der Waals surface area contributed by atoms with Gasteiger partial charge < -0.3 is 0 Å². The SMILES string of the molecule is N#CCCCn1c(=O)[nH]c2scc(-c3ccc(Cl)cc3)c2c1=O. The number of hydrogen-bond acceptors (Lipinski definition) is 4. The minimum absolute atomic E-state index is 0.230. The van der Waals surface area contributed by atoms with Gasteiger partial charge in [0.15, 0.2) is 0 Å². The van der Waals surface area contributed by atoms with Crippen LogP contribution in [0.4, 0.5) is 0 Å². The van der Waals surface area contributed by atoms with Gasteiger partial charge in [0.25, 0.3) is 5.56 Å². The van der Waals surface area contributed by atoms with E-state index in [4.69, 9.17) is 16.9 Å². The van der Waals surface area contributed by atoms with Crippen LogP contribution in [0.15, 0.2) is 39.2 Å². The third kappa shape index (κ3) is 2.93. The number of nitrogens with one attached hydrogen (secondary N) is 1. The lowest BCUT2D eigenvalue weighted by molar-refractivity contribution is 0.605. The van der Waals surface area contributed by atoms with Crippen molar-refractivity contribution in [2.75, 3.05) is 0 Å². The van der Waals surface area contributed by atoms with Crippen LogP contribution in [0.1, 0.15) is 12.8 Å². The van der Waals surface area contributed by atoms with Crippen molar-refractivity contribution in [3.63, 3.8) is 0 Å². The summed E-state index contributed by atoms with van der Waals surface area (Å²) in [6.07, 6.45) is 0.767. The van der Waals surface area contributed by atoms with Gasteiger partial charge in [-0.1, -0.05) is 23.7 Å². The molecule has 0 fully saturated rings. The van der Waals surface area contributed by atoms with Crippen molar-refractivity contribution < 1.29 is 0 Å². The molecule has 116 valence electrons. The molecule has 5 nitrogen and oxygen atoms in total. The highest BCUT2D eigenvalue weighted by Crippen LogP contribution is 2.30. The Hall–Kier alpha value is -2.36. The average Bonchev–Trinajstić information content (AvgIpc) is 2.95. The molecule has 0 radical (unpaired) electrons. The summed E-state index contributed by atoms with van der Waals surface area (Å²) in [6.45, 7) is 0.230. The van der Waals surface area contributed by atoms with E-state index in [1.165, 1.54) is 11.3 Å². The van der Waals surface area contributed by atoms with E-state index in [0.717, 1.165) is 15.7 Å². The molecule has 7 heteroatoms. The van der Waals surface area contributed by atoms with Crippen molar-refractivity contribution >= 4 is 33.2 Å². The molecule has 0 spiro atoms. The molecular formula is C16H12ClN3O2S. The third-order valence-corrected chi connectivity index (χ3v) is 4.69. The molecule has 0 unspecified atom stereocenters. The van der Waals surface area contributed by atoms with Crippen LogP contribution in [0.25, 0.3) is 21.3 Å². The largest absolute Gasteiger partial charge is 0.329 e. The van der Waals surface area contributed by atoms with Crippen molar-refractivity contribution in [1.82, 2.24) is 9.55 Å². The van der Waals surface area contributed by atoms with E-state index in [9.17, 15) is 9.59 Å². The number of nitriles is 1. The molecule has 1 aromatic carbocycles. The van der Waals surface area contributed by atoms with Crippen molar-refractivity contribution in [2.24, 2.45) is 0 Å². The second-order valence-corrected chi connectivity index (χ2v) is 6.33. The number of H-pyrrole nitrogens is 1. The lowest BCUT2D eigenvalue weighted by Crippen LogP contribution is -2.34. The number of unbranched alkanes of at least 4 members (excludes halogenated alkanes) is 1. The number of benzene rings is 1. The van der Waals surface area contributed by atoms with Gasteiger partial charge in [-0.2, -0.15) is 5.26 Å². The molecule has 1 N–H and O–H groups in total. The second kappa shape index (κ2) is 6.41. The van der Waals surface area contributed by atoms with Crippen LogP contribution < -0.4 is 11.2 Å². The Morgan fingerprint density at radius 3 is 2.70 bits per heavy atom. The van der Waals surface area contributed by atoms with Crippen LogP contribution in [0.5, 0.6) is 0 Å². The summed E-state index contributed by atoms with van der Waals surface area (Å²) in [5.41, 5.74) is 0.878. The number of aromatic nitrogens is 2. The van der Waals surface area contributed by atoms with Gasteiger partial charge in [-0.05, 0) is 24.1 Å². The van der Waals surface area contributed by atoms with Gasteiger partial charge in [-0.25, -0.2) is 4.79 Å². The van der Waals surface area contributed by atoms with Crippen LogP contribution in [0.2, 0.25) is 5.02 Å². The van der Waals surface area contributed by atoms with Crippen LogP contribution in [-0.4, -0.2) is 9.55 Å². The zero-order chi connectivity index (χ0) is 16.4. The monoisotopic (exact) mass is 345 g/mol. The maximum absolute atomic E-state index is 12.7. The van der Waals surface area contributed by atoms with Gasteiger partial charge in [0.1, 0.15) is 4.83 Å². The molecule has 3 rings (SSSR count). The standard InChI is InChI=1S/C16H12ClN3O2S/c17-11-5-3-10(4-6-11)12-9-23-14-13(12)15(21)20(16(22)19-14)8-2-1-7-18/h3-6,9H,1-2,8H2,(H,19,22). The summed E-state index contributed by atoms with van der Waals surface area (Å²) in [4.78, 5) is 28.1. The third-order valence-electron chi connectivity index (χ3n) is 3.54. The van der Waals surface area contributed by atoms with E-state index in [1.807, 2.05) is 23.6 Å². The predicted molar refractivity (Wildman–Crippen MR) is 92.0 cm³/mol. The van der Waals surface area contributed by atoms with Crippen molar-refractivity contribution in [3.05, 3.63) is 55.5 Å². The highest BCUT2D eigenvalue weighted by Gasteiger charge is 2.14. The smallest absolute Gasteiger partial charge is 0.298 e. The topological polar surface area (TPSA) is 78.7 Å². The first-order chi connectivity index (χ1) is 11.1. The van der Waals surface area contributed by atoms with Crippen molar-refractivity contribution in [2.45, 2.75) is 19.4 Å². The number of hydrogen-bond donors (Lipinski definition) is 1. The number of nitrogens with zero attached hydrogens (tertiary/aromatic N) is 2. The number of thiophene rings is 1. The summed E-state index contributed by atoms with van der Waals surface area (Å²) >= 11 is 7.23. The predicted octanol–water partition coefficient (Wildman–Crippen LogP) is 3.38. The molecule has 3 aromatic rings. The van der Waals surface area contributed by atoms with E-state index >= 15 is 0 Å². The van der Waals surface area contributed by atoms with Gasteiger partial charge >= 0.3 is 5.69 Å². The normalized spacial score (nSPS) is 10.8. The first kappa shape index (κ1) is 15.5. The van der Waals surface area contributed by atoms with E-state index in [2.05, 4.69) is 4.98 Å². The summed E-state index contributed by atoms with van der Waals surface area (Å²) in [5, 5.41) is 11.6. The minimum Gasteiger partial charge on any atom is -0.298 e. The Bertz CT molecular complexity index is 1010. The van der Waals surface area contributed by atoms with Gasteiger partial charge in [0.05, 0.1) is 11.5 Å². The quantitative estimate of drug-likeness (QED) is 0.736. The fourth-order valence-corrected chi connectivity index (χ4v) is 3.49. The zero-order valence-corrected chi connectivity index (χ0v) is 13.6. The Balaban J connectivity index is 2.17. The van der Waals surface area contributed by atoms with E-state index < -0.39 is 5.69 Å². The maximum Gasteiger partial charge on any atom is 0.329 e. The Morgan fingerprint density at radius 2 is 2.00 bits per heavy atom. The average molecular weight is 346 g/mol. The second-order valence-electron chi connectivity index (χ2n) is 5.01.